The number of carbonyl (C=O) groups excluding carboxylic acids is 1. The Morgan fingerprint density at radius 2 is 1.73 bits per heavy atom. The Hall–Kier alpha value is -2.51. The molecule has 118 valence electrons. The Morgan fingerprint density at radius 1 is 1.18 bits per heavy atom. The van der Waals surface area contributed by atoms with Gasteiger partial charge < -0.3 is 4.90 Å². The molecule has 0 aliphatic carbocycles. The number of hydrogen-bond acceptors (Lipinski definition) is 5. The molecule has 2 atom stereocenters. The van der Waals surface area contributed by atoms with Crippen LogP contribution in [0.3, 0.4) is 0 Å². The molecule has 1 aliphatic rings. The summed E-state index contributed by atoms with van der Waals surface area (Å²) in [5, 5.41) is 21.8. The van der Waals surface area contributed by atoms with Crippen molar-refractivity contribution < 1.29 is 14.6 Å². The fourth-order valence-electron chi connectivity index (χ4n) is 2.92. The van der Waals surface area contributed by atoms with Gasteiger partial charge in [0.25, 0.3) is 17.3 Å². The summed E-state index contributed by atoms with van der Waals surface area (Å²) in [5.74, 6) is -0.386. The van der Waals surface area contributed by atoms with E-state index in [0.717, 1.165) is 37.5 Å². The lowest BCUT2D eigenvalue weighted by molar-refractivity contribution is -0.394. The molecule has 0 unspecified atom stereocenters. The van der Waals surface area contributed by atoms with Gasteiger partial charge in [-0.05, 0) is 26.2 Å². The van der Waals surface area contributed by atoms with Crippen molar-refractivity contribution in [1.29, 1.82) is 0 Å². The molecule has 2 rings (SSSR count). The second-order valence-electron chi connectivity index (χ2n) is 5.45. The number of hydrogen-bond donors (Lipinski definition) is 0. The van der Waals surface area contributed by atoms with E-state index in [9.17, 15) is 25.0 Å². The van der Waals surface area contributed by atoms with Gasteiger partial charge in [0.1, 0.15) is 0 Å². The SMILES string of the molecule is CC[C@H]1CC[C@@H](C)N1C(=O)c1cc([N+](=O)[O-])cc([N+](=O)[O-])c1. The van der Waals surface area contributed by atoms with Gasteiger partial charge in [-0.15, -0.1) is 0 Å². The summed E-state index contributed by atoms with van der Waals surface area (Å²) in [6.07, 6.45) is 2.52. The van der Waals surface area contributed by atoms with Gasteiger partial charge in [-0.2, -0.15) is 0 Å². The highest BCUT2D eigenvalue weighted by Gasteiger charge is 2.34. The lowest BCUT2D eigenvalue weighted by Gasteiger charge is -2.28. The molecule has 1 aromatic carbocycles. The average molecular weight is 307 g/mol. The smallest absolute Gasteiger partial charge is 0.277 e. The lowest BCUT2D eigenvalue weighted by atomic mass is 10.1. The van der Waals surface area contributed by atoms with Crippen molar-refractivity contribution in [2.45, 2.75) is 45.2 Å². The monoisotopic (exact) mass is 307 g/mol. The molecular weight excluding hydrogens is 290 g/mol. The summed E-state index contributed by atoms with van der Waals surface area (Å²) in [5.41, 5.74) is -0.900. The topological polar surface area (TPSA) is 107 Å². The molecule has 0 aromatic heterocycles. The van der Waals surface area contributed by atoms with E-state index in [1.807, 2.05) is 13.8 Å². The maximum atomic E-state index is 12.7. The molecule has 1 amide bonds. The maximum absolute atomic E-state index is 12.7. The van der Waals surface area contributed by atoms with E-state index in [0.29, 0.717) is 0 Å². The van der Waals surface area contributed by atoms with Crippen LogP contribution in [0.25, 0.3) is 0 Å². The van der Waals surface area contributed by atoms with Crippen LogP contribution in [0.1, 0.15) is 43.5 Å². The summed E-state index contributed by atoms with van der Waals surface area (Å²) in [6.45, 7) is 3.89. The second-order valence-corrected chi connectivity index (χ2v) is 5.45. The van der Waals surface area contributed by atoms with Gasteiger partial charge in [0.2, 0.25) is 0 Å². The van der Waals surface area contributed by atoms with Gasteiger partial charge in [0.15, 0.2) is 0 Å². The summed E-state index contributed by atoms with van der Waals surface area (Å²) >= 11 is 0. The molecule has 1 aromatic rings. The van der Waals surface area contributed by atoms with Gasteiger partial charge in [-0.1, -0.05) is 6.92 Å². The quantitative estimate of drug-likeness (QED) is 0.628. The molecule has 22 heavy (non-hydrogen) atoms. The molecule has 1 saturated heterocycles. The first-order valence-electron chi connectivity index (χ1n) is 7.11. The summed E-state index contributed by atoms with van der Waals surface area (Å²) in [7, 11) is 0. The van der Waals surface area contributed by atoms with Crippen molar-refractivity contribution in [3.05, 3.63) is 44.0 Å². The van der Waals surface area contributed by atoms with Crippen LogP contribution < -0.4 is 0 Å². The van der Waals surface area contributed by atoms with Crippen molar-refractivity contribution in [3.8, 4) is 0 Å². The minimum Gasteiger partial charge on any atom is -0.333 e. The van der Waals surface area contributed by atoms with Gasteiger partial charge in [0.05, 0.1) is 21.5 Å². The highest BCUT2D eigenvalue weighted by Crippen LogP contribution is 2.30. The minimum absolute atomic E-state index is 0.00639. The number of carbonyl (C=O) groups is 1. The van der Waals surface area contributed by atoms with Gasteiger partial charge in [0, 0.05) is 24.2 Å². The lowest BCUT2D eigenvalue weighted by Crippen LogP contribution is -2.39. The third-order valence-electron chi connectivity index (χ3n) is 4.06. The Morgan fingerprint density at radius 3 is 2.18 bits per heavy atom. The molecule has 0 saturated carbocycles. The predicted molar refractivity (Wildman–Crippen MR) is 78.7 cm³/mol. The summed E-state index contributed by atoms with van der Waals surface area (Å²) in [4.78, 5) is 34.7. The van der Waals surface area contributed by atoms with E-state index >= 15 is 0 Å². The number of nitrogens with zero attached hydrogens (tertiary/aromatic N) is 3. The molecule has 0 radical (unpaired) electrons. The molecule has 1 fully saturated rings. The first-order chi connectivity index (χ1) is 10.3. The van der Waals surface area contributed by atoms with E-state index < -0.39 is 21.2 Å². The van der Waals surface area contributed by atoms with Crippen LogP contribution in [-0.4, -0.2) is 32.7 Å². The summed E-state index contributed by atoms with van der Waals surface area (Å²) < 4.78 is 0. The number of likely N-dealkylation sites (tertiary alicyclic amines) is 1. The molecule has 0 N–H and O–H groups in total. The van der Waals surface area contributed by atoms with E-state index in [1.54, 1.807) is 4.90 Å². The van der Waals surface area contributed by atoms with Crippen LogP contribution in [0.5, 0.6) is 0 Å². The fourth-order valence-corrected chi connectivity index (χ4v) is 2.92. The van der Waals surface area contributed by atoms with Crippen LogP contribution in [-0.2, 0) is 0 Å². The zero-order chi connectivity index (χ0) is 16.4. The molecular formula is C14H17N3O5. The zero-order valence-corrected chi connectivity index (χ0v) is 12.4. The van der Waals surface area contributed by atoms with Crippen LogP contribution in [0.4, 0.5) is 11.4 Å². The minimum atomic E-state index is -0.728. The second kappa shape index (κ2) is 6.08. The van der Waals surface area contributed by atoms with Crippen LogP contribution in [0.15, 0.2) is 18.2 Å². The van der Waals surface area contributed by atoms with E-state index in [2.05, 4.69) is 0 Å². The van der Waals surface area contributed by atoms with Crippen LogP contribution >= 0.6 is 0 Å². The van der Waals surface area contributed by atoms with Crippen LogP contribution in [0.2, 0.25) is 0 Å². The molecule has 0 spiro atoms. The third-order valence-corrected chi connectivity index (χ3v) is 4.06. The summed E-state index contributed by atoms with van der Waals surface area (Å²) in [6, 6.07) is 3.17. The molecule has 0 bridgehead atoms. The maximum Gasteiger partial charge on any atom is 0.277 e. The van der Waals surface area contributed by atoms with Crippen molar-refractivity contribution >= 4 is 17.3 Å². The predicted octanol–water partition coefficient (Wildman–Crippen LogP) is 2.91. The molecule has 1 aliphatic heterocycles. The molecule has 8 nitrogen and oxygen atoms in total. The van der Waals surface area contributed by atoms with E-state index in [-0.39, 0.29) is 23.6 Å². The Bertz CT molecular complexity index is 599. The molecule has 1 heterocycles. The van der Waals surface area contributed by atoms with E-state index in [1.165, 1.54) is 0 Å². The normalized spacial score (nSPS) is 20.9. The van der Waals surface area contributed by atoms with Gasteiger partial charge >= 0.3 is 0 Å². The number of non-ortho nitro benzene ring substituents is 2. The highest BCUT2D eigenvalue weighted by atomic mass is 16.6. The van der Waals surface area contributed by atoms with Crippen LogP contribution in [0, 0.1) is 20.2 Å². The van der Waals surface area contributed by atoms with Gasteiger partial charge in [-0.25, -0.2) is 0 Å². The Labute approximate surface area is 127 Å². The van der Waals surface area contributed by atoms with Crippen molar-refractivity contribution in [1.82, 2.24) is 4.90 Å². The largest absolute Gasteiger partial charge is 0.333 e. The van der Waals surface area contributed by atoms with Gasteiger partial charge in [-0.3, -0.25) is 25.0 Å². The third kappa shape index (κ3) is 2.90. The average Bonchev–Trinajstić information content (AvgIpc) is 2.86. The van der Waals surface area contributed by atoms with Crippen molar-refractivity contribution in [2.24, 2.45) is 0 Å². The highest BCUT2D eigenvalue weighted by molar-refractivity contribution is 5.96. The van der Waals surface area contributed by atoms with Crippen molar-refractivity contribution in [2.75, 3.05) is 0 Å². The first kappa shape index (κ1) is 15.9. The molecule has 8 heteroatoms. The Balaban J connectivity index is 2.44. The standard InChI is InChI=1S/C14H17N3O5/c1-3-11-5-4-9(2)15(11)14(18)10-6-12(16(19)20)8-13(7-10)17(21)22/h6-9,11H,3-5H2,1-2H3/t9-,11+/m1/s1. The number of benzene rings is 1. The number of nitro benzene ring substituents is 2. The number of nitro groups is 2. The first-order valence-corrected chi connectivity index (χ1v) is 7.11. The Kier molecular flexibility index (Phi) is 4.39. The zero-order valence-electron chi connectivity index (χ0n) is 12.4. The van der Waals surface area contributed by atoms with E-state index in [4.69, 9.17) is 0 Å². The fraction of sp³-hybridized carbons (Fsp3) is 0.500. The van der Waals surface area contributed by atoms with Crippen molar-refractivity contribution in [3.63, 3.8) is 0 Å². The number of amides is 1. The number of rotatable bonds is 4.